The highest BCUT2D eigenvalue weighted by atomic mass is 32.1. The largest absolute Gasteiger partial charge is 0.497 e. The topological polar surface area (TPSA) is 80.6 Å². The monoisotopic (exact) mass is 475 g/mol. The standard InChI is InChI=1S/C25H25N5O3S/c1-28-24(31)21-6-4-3-5-20(21)22(27-28)25(32)30-13-11-29(12-14-30)15-18-16-34-23(26-18)17-7-9-19(33-2)10-8-17/h3-10,16H,11-15H2,1-2H3. The zero-order chi connectivity index (χ0) is 23.7. The van der Waals surface area contributed by atoms with Crippen LogP contribution in [0.2, 0.25) is 0 Å². The fourth-order valence-corrected chi connectivity index (χ4v) is 5.01. The molecule has 4 aromatic rings. The van der Waals surface area contributed by atoms with Gasteiger partial charge in [0.2, 0.25) is 0 Å². The number of rotatable bonds is 5. The first kappa shape index (κ1) is 22.2. The Morgan fingerprint density at radius 3 is 2.44 bits per heavy atom. The van der Waals surface area contributed by atoms with E-state index in [0.29, 0.717) is 29.6 Å². The van der Waals surface area contributed by atoms with E-state index in [1.54, 1.807) is 43.7 Å². The van der Waals surface area contributed by atoms with Gasteiger partial charge in [0.1, 0.15) is 10.8 Å². The van der Waals surface area contributed by atoms with Gasteiger partial charge in [0.05, 0.1) is 18.2 Å². The number of benzene rings is 2. The van der Waals surface area contributed by atoms with Crippen LogP contribution in [0.1, 0.15) is 16.2 Å². The number of nitrogens with zero attached hydrogens (tertiary/aromatic N) is 5. The maximum absolute atomic E-state index is 13.3. The number of hydrogen-bond acceptors (Lipinski definition) is 7. The van der Waals surface area contributed by atoms with Crippen LogP contribution < -0.4 is 10.3 Å². The number of aromatic nitrogens is 3. The molecule has 3 heterocycles. The Labute approximate surface area is 201 Å². The van der Waals surface area contributed by atoms with Crippen LogP contribution in [0.5, 0.6) is 5.75 Å². The van der Waals surface area contributed by atoms with Crippen molar-refractivity contribution >= 4 is 28.0 Å². The van der Waals surface area contributed by atoms with E-state index < -0.39 is 0 Å². The summed E-state index contributed by atoms with van der Waals surface area (Å²) in [5.74, 6) is 0.691. The van der Waals surface area contributed by atoms with Gasteiger partial charge in [-0.1, -0.05) is 18.2 Å². The maximum Gasteiger partial charge on any atom is 0.275 e. The quantitative estimate of drug-likeness (QED) is 0.442. The molecule has 0 spiro atoms. The van der Waals surface area contributed by atoms with E-state index in [1.807, 2.05) is 35.2 Å². The lowest BCUT2D eigenvalue weighted by atomic mass is 10.1. The second kappa shape index (κ2) is 9.36. The molecule has 1 aliphatic rings. The molecule has 0 radical (unpaired) electrons. The van der Waals surface area contributed by atoms with Crippen LogP contribution in [0.4, 0.5) is 0 Å². The average Bonchev–Trinajstić information content (AvgIpc) is 3.35. The molecule has 0 atom stereocenters. The molecule has 1 aliphatic heterocycles. The minimum absolute atomic E-state index is 0.137. The molecule has 9 heteroatoms. The van der Waals surface area contributed by atoms with E-state index >= 15 is 0 Å². The first-order valence-electron chi connectivity index (χ1n) is 11.1. The SMILES string of the molecule is COc1ccc(-c2nc(CN3CCN(C(=O)c4nn(C)c(=O)c5ccccc45)CC3)cs2)cc1. The van der Waals surface area contributed by atoms with Crippen LogP contribution >= 0.6 is 11.3 Å². The molecule has 8 nitrogen and oxygen atoms in total. The second-order valence-electron chi connectivity index (χ2n) is 8.26. The number of hydrogen-bond donors (Lipinski definition) is 0. The molecule has 1 amide bonds. The van der Waals surface area contributed by atoms with E-state index in [4.69, 9.17) is 9.72 Å². The van der Waals surface area contributed by atoms with Crippen molar-refractivity contribution in [2.45, 2.75) is 6.54 Å². The normalized spacial score (nSPS) is 14.5. The lowest BCUT2D eigenvalue weighted by Gasteiger charge is -2.34. The molecule has 0 unspecified atom stereocenters. The molecule has 2 aromatic heterocycles. The van der Waals surface area contributed by atoms with Crippen LogP contribution in [-0.2, 0) is 13.6 Å². The predicted octanol–water partition coefficient (Wildman–Crippen LogP) is 3.02. The number of amides is 1. The van der Waals surface area contributed by atoms with E-state index in [1.165, 1.54) is 4.68 Å². The van der Waals surface area contributed by atoms with Gasteiger partial charge in [0, 0.05) is 56.1 Å². The minimum atomic E-state index is -0.200. The van der Waals surface area contributed by atoms with Gasteiger partial charge in [-0.2, -0.15) is 5.10 Å². The summed E-state index contributed by atoms with van der Waals surface area (Å²) in [6, 6.07) is 15.1. The number of methoxy groups -OCH3 is 1. The van der Waals surface area contributed by atoms with E-state index in [0.717, 1.165) is 41.6 Å². The number of carbonyl (C=O) groups excluding carboxylic acids is 1. The molecule has 34 heavy (non-hydrogen) atoms. The van der Waals surface area contributed by atoms with E-state index in [-0.39, 0.29) is 11.5 Å². The van der Waals surface area contributed by atoms with Gasteiger partial charge < -0.3 is 9.64 Å². The number of piperazine rings is 1. The third kappa shape index (κ3) is 4.32. The van der Waals surface area contributed by atoms with Crippen molar-refractivity contribution in [1.29, 1.82) is 0 Å². The molecule has 1 fully saturated rings. The van der Waals surface area contributed by atoms with E-state index in [9.17, 15) is 9.59 Å². The smallest absolute Gasteiger partial charge is 0.275 e. The van der Waals surface area contributed by atoms with Gasteiger partial charge in [-0.25, -0.2) is 9.67 Å². The first-order chi connectivity index (χ1) is 16.5. The highest BCUT2D eigenvalue weighted by Crippen LogP contribution is 2.26. The lowest BCUT2D eigenvalue weighted by molar-refractivity contribution is 0.0621. The van der Waals surface area contributed by atoms with Crippen molar-refractivity contribution in [3.8, 4) is 16.3 Å². The zero-order valence-corrected chi connectivity index (χ0v) is 19.9. The highest BCUT2D eigenvalue weighted by molar-refractivity contribution is 7.13. The third-order valence-corrected chi connectivity index (χ3v) is 7.03. The molecule has 2 aromatic carbocycles. The van der Waals surface area contributed by atoms with Crippen LogP contribution in [0.15, 0.2) is 58.7 Å². The zero-order valence-electron chi connectivity index (χ0n) is 19.1. The number of ether oxygens (including phenoxy) is 1. The lowest BCUT2D eigenvalue weighted by Crippen LogP contribution is -2.48. The maximum atomic E-state index is 13.3. The Bertz CT molecular complexity index is 1390. The van der Waals surface area contributed by atoms with Crippen molar-refractivity contribution in [1.82, 2.24) is 24.6 Å². The van der Waals surface area contributed by atoms with Gasteiger partial charge in [0.15, 0.2) is 5.69 Å². The fourth-order valence-electron chi connectivity index (χ4n) is 4.19. The molecule has 0 bridgehead atoms. The number of thiazole rings is 1. The second-order valence-corrected chi connectivity index (χ2v) is 9.12. The van der Waals surface area contributed by atoms with Gasteiger partial charge in [-0.3, -0.25) is 14.5 Å². The van der Waals surface area contributed by atoms with Gasteiger partial charge >= 0.3 is 0 Å². The molecule has 1 saturated heterocycles. The molecular formula is C25H25N5O3S. The highest BCUT2D eigenvalue weighted by Gasteiger charge is 2.26. The van der Waals surface area contributed by atoms with Crippen molar-refractivity contribution in [2.75, 3.05) is 33.3 Å². The summed E-state index contributed by atoms with van der Waals surface area (Å²) in [4.78, 5) is 34.6. The Kier molecular flexibility index (Phi) is 6.12. The molecular weight excluding hydrogens is 450 g/mol. The van der Waals surface area contributed by atoms with Crippen molar-refractivity contribution in [3.05, 3.63) is 75.7 Å². The summed E-state index contributed by atoms with van der Waals surface area (Å²) in [6.07, 6.45) is 0. The summed E-state index contributed by atoms with van der Waals surface area (Å²) in [5.41, 5.74) is 2.23. The van der Waals surface area contributed by atoms with Crippen LogP contribution in [0.3, 0.4) is 0 Å². The Morgan fingerprint density at radius 2 is 1.74 bits per heavy atom. The molecule has 174 valence electrons. The first-order valence-corrected chi connectivity index (χ1v) is 12.0. The fraction of sp³-hybridized carbons (Fsp3) is 0.280. The van der Waals surface area contributed by atoms with Gasteiger partial charge in [-0.15, -0.1) is 11.3 Å². The molecule has 0 saturated carbocycles. The van der Waals surface area contributed by atoms with Crippen LogP contribution in [-0.4, -0.2) is 63.8 Å². The molecule has 0 aliphatic carbocycles. The summed E-state index contributed by atoms with van der Waals surface area (Å²) < 4.78 is 6.47. The Morgan fingerprint density at radius 1 is 1.03 bits per heavy atom. The summed E-state index contributed by atoms with van der Waals surface area (Å²) in [6.45, 7) is 3.46. The van der Waals surface area contributed by atoms with Gasteiger partial charge in [0.25, 0.3) is 11.5 Å². The van der Waals surface area contributed by atoms with Crippen molar-refractivity contribution in [3.63, 3.8) is 0 Å². The molecule has 5 rings (SSSR count). The van der Waals surface area contributed by atoms with Crippen molar-refractivity contribution < 1.29 is 9.53 Å². The summed E-state index contributed by atoms with van der Waals surface area (Å²) in [7, 11) is 3.24. The Balaban J connectivity index is 1.24. The minimum Gasteiger partial charge on any atom is -0.497 e. The third-order valence-electron chi connectivity index (χ3n) is 6.09. The molecule has 0 N–H and O–H groups in total. The number of aryl methyl sites for hydroxylation is 1. The summed E-state index contributed by atoms with van der Waals surface area (Å²) >= 11 is 1.63. The van der Waals surface area contributed by atoms with E-state index in [2.05, 4.69) is 15.4 Å². The van der Waals surface area contributed by atoms with Crippen LogP contribution in [0.25, 0.3) is 21.3 Å². The predicted molar refractivity (Wildman–Crippen MR) is 132 cm³/mol. The Hall–Kier alpha value is -3.56. The number of fused-ring (bicyclic) bond motifs is 1. The summed E-state index contributed by atoms with van der Waals surface area (Å²) in [5, 5.41) is 8.48. The van der Waals surface area contributed by atoms with Gasteiger partial charge in [-0.05, 0) is 30.3 Å². The average molecular weight is 476 g/mol. The van der Waals surface area contributed by atoms with Crippen LogP contribution in [0, 0.1) is 0 Å². The van der Waals surface area contributed by atoms with Crippen molar-refractivity contribution in [2.24, 2.45) is 7.05 Å². The number of carbonyl (C=O) groups is 1.